The van der Waals surface area contributed by atoms with Crippen molar-refractivity contribution in [3.63, 3.8) is 0 Å². The van der Waals surface area contributed by atoms with Crippen molar-refractivity contribution in [3.8, 4) is 5.75 Å². The van der Waals surface area contributed by atoms with Crippen LogP contribution in [0.1, 0.15) is 22.6 Å². The number of para-hydroxylation sites is 1. The van der Waals surface area contributed by atoms with Crippen molar-refractivity contribution in [2.24, 2.45) is 14.1 Å². The molecule has 0 amide bonds. The van der Waals surface area contributed by atoms with E-state index in [1.54, 1.807) is 48.5 Å². The van der Waals surface area contributed by atoms with E-state index in [9.17, 15) is 19.5 Å². The largest absolute Gasteiger partial charge is 0.507 e. The lowest BCUT2D eigenvalue weighted by Crippen LogP contribution is -2.41. The lowest BCUT2D eigenvalue weighted by molar-refractivity contribution is 0.454. The van der Waals surface area contributed by atoms with Crippen LogP contribution in [-0.2, 0) is 14.1 Å². The van der Waals surface area contributed by atoms with Crippen molar-refractivity contribution in [1.82, 2.24) is 9.13 Å². The van der Waals surface area contributed by atoms with E-state index in [4.69, 9.17) is 10.2 Å². The molecule has 9 heteroatoms. The molecule has 0 saturated carbocycles. The van der Waals surface area contributed by atoms with Gasteiger partial charge in [-0.25, -0.2) is 9.59 Å². The molecular formula is C22H18BrN3O5. The molecule has 4 rings (SSSR count). The molecule has 2 aromatic carbocycles. The number of benzene rings is 2. The zero-order valence-corrected chi connectivity index (χ0v) is 18.2. The quantitative estimate of drug-likeness (QED) is 0.431. The fourth-order valence-corrected chi connectivity index (χ4v) is 3.96. The first-order valence-corrected chi connectivity index (χ1v) is 10.1. The zero-order valence-electron chi connectivity index (χ0n) is 16.6. The van der Waals surface area contributed by atoms with Crippen LogP contribution in [0.2, 0.25) is 0 Å². The summed E-state index contributed by atoms with van der Waals surface area (Å²) in [5, 5.41) is 11.4. The SMILES string of the molecule is Cn1c(N)c(C(c2ccc(Br)cc2)c2c(O)c3ccccc3oc2=O)c(=O)n(C)c1=O. The number of nitrogens with zero attached hydrogens (tertiary/aromatic N) is 2. The molecule has 0 spiro atoms. The lowest BCUT2D eigenvalue weighted by Gasteiger charge is -2.21. The van der Waals surface area contributed by atoms with Gasteiger partial charge in [-0.3, -0.25) is 13.9 Å². The van der Waals surface area contributed by atoms with Crippen molar-refractivity contribution >= 4 is 32.7 Å². The molecule has 8 nitrogen and oxygen atoms in total. The molecule has 31 heavy (non-hydrogen) atoms. The van der Waals surface area contributed by atoms with Crippen molar-refractivity contribution in [3.05, 3.63) is 101 Å². The highest BCUT2D eigenvalue weighted by Crippen LogP contribution is 2.38. The van der Waals surface area contributed by atoms with E-state index >= 15 is 0 Å². The Morgan fingerprint density at radius 3 is 2.29 bits per heavy atom. The Hall–Kier alpha value is -3.59. The second-order valence-corrected chi connectivity index (χ2v) is 8.05. The highest BCUT2D eigenvalue weighted by atomic mass is 79.9. The minimum absolute atomic E-state index is 0.00944. The van der Waals surface area contributed by atoms with Crippen LogP contribution in [-0.4, -0.2) is 14.2 Å². The van der Waals surface area contributed by atoms with Gasteiger partial charge < -0.3 is 15.3 Å². The van der Waals surface area contributed by atoms with Crippen LogP contribution < -0.4 is 22.6 Å². The van der Waals surface area contributed by atoms with Gasteiger partial charge in [0.15, 0.2) is 0 Å². The molecule has 0 aliphatic rings. The maximum atomic E-state index is 13.1. The van der Waals surface area contributed by atoms with Crippen molar-refractivity contribution in [2.45, 2.75) is 5.92 Å². The summed E-state index contributed by atoms with van der Waals surface area (Å²) in [6, 6.07) is 13.4. The van der Waals surface area contributed by atoms with Gasteiger partial charge in [-0.15, -0.1) is 0 Å². The van der Waals surface area contributed by atoms with Crippen LogP contribution in [0.25, 0.3) is 11.0 Å². The van der Waals surface area contributed by atoms with Crippen molar-refractivity contribution in [2.75, 3.05) is 5.73 Å². The highest BCUT2D eigenvalue weighted by Gasteiger charge is 2.31. The number of anilines is 1. The Balaban J connectivity index is 2.17. The van der Waals surface area contributed by atoms with E-state index in [-0.39, 0.29) is 28.3 Å². The van der Waals surface area contributed by atoms with Crippen LogP contribution in [0.3, 0.4) is 0 Å². The molecule has 1 unspecified atom stereocenters. The molecule has 0 radical (unpaired) electrons. The molecule has 3 N–H and O–H groups in total. The minimum atomic E-state index is -1.07. The maximum absolute atomic E-state index is 13.1. The van der Waals surface area contributed by atoms with Crippen LogP contribution in [0, 0.1) is 0 Å². The third-order valence-electron chi connectivity index (χ3n) is 5.35. The predicted molar refractivity (Wildman–Crippen MR) is 121 cm³/mol. The van der Waals surface area contributed by atoms with E-state index in [0.29, 0.717) is 10.9 Å². The van der Waals surface area contributed by atoms with Gasteiger partial charge in [0, 0.05) is 18.6 Å². The summed E-state index contributed by atoms with van der Waals surface area (Å²) >= 11 is 3.36. The van der Waals surface area contributed by atoms with E-state index < -0.39 is 22.8 Å². The number of nitrogens with two attached hydrogens (primary N) is 1. The number of halogens is 1. The number of nitrogen functional groups attached to an aromatic ring is 1. The molecule has 0 aliphatic heterocycles. The Morgan fingerprint density at radius 2 is 1.61 bits per heavy atom. The smallest absolute Gasteiger partial charge is 0.344 e. The number of rotatable bonds is 3. The van der Waals surface area contributed by atoms with Crippen LogP contribution >= 0.6 is 15.9 Å². The molecule has 0 aliphatic carbocycles. The van der Waals surface area contributed by atoms with Gasteiger partial charge in [0.05, 0.1) is 22.4 Å². The van der Waals surface area contributed by atoms with E-state index in [1.165, 1.54) is 14.1 Å². The third-order valence-corrected chi connectivity index (χ3v) is 5.88. The average molecular weight is 484 g/mol. The van der Waals surface area contributed by atoms with E-state index in [0.717, 1.165) is 13.6 Å². The summed E-state index contributed by atoms with van der Waals surface area (Å²) in [5.74, 6) is -1.48. The van der Waals surface area contributed by atoms with E-state index in [1.807, 2.05) is 0 Å². The highest BCUT2D eigenvalue weighted by molar-refractivity contribution is 9.10. The van der Waals surface area contributed by atoms with Crippen LogP contribution in [0.4, 0.5) is 5.82 Å². The second-order valence-electron chi connectivity index (χ2n) is 7.14. The van der Waals surface area contributed by atoms with Gasteiger partial charge in [-0.05, 0) is 29.8 Å². The summed E-state index contributed by atoms with van der Waals surface area (Å²) in [6.45, 7) is 0. The third kappa shape index (κ3) is 3.27. The number of hydrogen-bond acceptors (Lipinski definition) is 6. The van der Waals surface area contributed by atoms with Crippen LogP contribution in [0.15, 0.2) is 71.8 Å². The molecule has 4 aromatic rings. The molecule has 1 atom stereocenters. The number of hydrogen-bond donors (Lipinski definition) is 2. The first-order valence-electron chi connectivity index (χ1n) is 9.28. The predicted octanol–water partition coefficient (Wildman–Crippen LogP) is 2.42. The first-order chi connectivity index (χ1) is 14.7. The Kier molecular flexibility index (Phi) is 5.06. The van der Waals surface area contributed by atoms with Gasteiger partial charge >= 0.3 is 11.3 Å². The minimum Gasteiger partial charge on any atom is -0.507 e. The summed E-state index contributed by atoms with van der Waals surface area (Å²) in [5.41, 5.74) is 4.71. The second kappa shape index (κ2) is 7.59. The fraction of sp³-hybridized carbons (Fsp3) is 0.136. The van der Waals surface area contributed by atoms with Crippen molar-refractivity contribution in [1.29, 1.82) is 0 Å². The molecule has 0 fully saturated rings. The van der Waals surface area contributed by atoms with Gasteiger partial charge in [-0.2, -0.15) is 0 Å². The Bertz CT molecular complexity index is 1500. The van der Waals surface area contributed by atoms with E-state index in [2.05, 4.69) is 15.9 Å². The topological polar surface area (TPSA) is 120 Å². The van der Waals surface area contributed by atoms with Gasteiger partial charge in [0.1, 0.15) is 17.2 Å². The monoisotopic (exact) mass is 483 g/mol. The molecule has 2 aromatic heterocycles. The number of fused-ring (bicyclic) bond motifs is 1. The maximum Gasteiger partial charge on any atom is 0.344 e. The first kappa shape index (κ1) is 20.7. The number of aromatic nitrogens is 2. The summed E-state index contributed by atoms with van der Waals surface area (Å²) < 4.78 is 8.27. The lowest BCUT2D eigenvalue weighted by atomic mass is 9.85. The summed E-state index contributed by atoms with van der Waals surface area (Å²) in [4.78, 5) is 38.5. The molecular weight excluding hydrogens is 466 g/mol. The van der Waals surface area contributed by atoms with Crippen molar-refractivity contribution < 1.29 is 9.52 Å². The van der Waals surface area contributed by atoms with Crippen LogP contribution in [0.5, 0.6) is 5.75 Å². The fourth-order valence-electron chi connectivity index (χ4n) is 3.69. The zero-order chi connectivity index (χ0) is 22.4. The standard InChI is InChI=1S/C22H18BrN3O5/c1-25-19(24)17(20(28)26(2)22(25)30)15(11-7-9-12(23)10-8-11)16-18(27)13-5-3-4-6-14(13)31-21(16)29/h3-10,15,27H,24H2,1-2H3. The van der Waals surface area contributed by atoms with Gasteiger partial charge in [0.25, 0.3) is 5.56 Å². The molecule has 158 valence electrons. The molecule has 2 heterocycles. The normalized spacial score (nSPS) is 12.2. The Morgan fingerprint density at radius 1 is 0.968 bits per heavy atom. The molecule has 0 saturated heterocycles. The number of aromatic hydroxyl groups is 1. The summed E-state index contributed by atoms with van der Waals surface area (Å²) in [6.07, 6.45) is 0. The summed E-state index contributed by atoms with van der Waals surface area (Å²) in [7, 11) is 2.76. The average Bonchev–Trinajstić information content (AvgIpc) is 2.76. The van der Waals surface area contributed by atoms with Gasteiger partial charge in [-0.1, -0.05) is 40.2 Å². The van der Waals surface area contributed by atoms with Gasteiger partial charge in [0.2, 0.25) is 0 Å². The Labute approximate surface area is 183 Å². The molecule has 0 bridgehead atoms.